The number of rotatable bonds is 3. The summed E-state index contributed by atoms with van der Waals surface area (Å²) in [7, 11) is 0. The van der Waals surface area contributed by atoms with Crippen molar-refractivity contribution in [3.8, 4) is 17.6 Å². The van der Waals surface area contributed by atoms with E-state index in [-0.39, 0.29) is 17.4 Å². The first kappa shape index (κ1) is 14.3. The molecule has 0 radical (unpaired) electrons. The summed E-state index contributed by atoms with van der Waals surface area (Å²) in [5.41, 5.74) is 6.47. The van der Waals surface area contributed by atoms with Crippen LogP contribution >= 0.6 is 11.6 Å². The molecular formula is C15H12ClFN2O. The average molecular weight is 291 g/mol. The van der Waals surface area contributed by atoms with E-state index in [1.54, 1.807) is 24.3 Å². The fourth-order valence-electron chi connectivity index (χ4n) is 1.70. The number of halogens is 2. The summed E-state index contributed by atoms with van der Waals surface area (Å²) in [4.78, 5) is 0. The van der Waals surface area contributed by atoms with Crippen LogP contribution in [0.25, 0.3) is 0 Å². The highest BCUT2D eigenvalue weighted by molar-refractivity contribution is 6.32. The van der Waals surface area contributed by atoms with Crippen LogP contribution in [-0.2, 0) is 0 Å². The molecule has 5 heteroatoms. The second kappa shape index (κ2) is 5.91. The lowest BCUT2D eigenvalue weighted by atomic mass is 10.1. The highest BCUT2D eigenvalue weighted by Crippen LogP contribution is 2.33. The zero-order valence-electron chi connectivity index (χ0n) is 10.7. The monoisotopic (exact) mass is 290 g/mol. The topological polar surface area (TPSA) is 59.0 Å². The number of nitrogens with two attached hydrogens (primary N) is 1. The van der Waals surface area contributed by atoms with Crippen molar-refractivity contribution in [3.05, 3.63) is 58.4 Å². The van der Waals surface area contributed by atoms with Crippen LogP contribution in [0.2, 0.25) is 5.02 Å². The van der Waals surface area contributed by atoms with Gasteiger partial charge < -0.3 is 10.5 Å². The molecule has 102 valence electrons. The van der Waals surface area contributed by atoms with E-state index in [0.29, 0.717) is 10.8 Å². The number of ether oxygens (including phenoxy) is 1. The maximum absolute atomic E-state index is 13.5. The van der Waals surface area contributed by atoms with Crippen LogP contribution in [0.15, 0.2) is 36.4 Å². The first-order valence-electron chi connectivity index (χ1n) is 5.94. The van der Waals surface area contributed by atoms with E-state index in [4.69, 9.17) is 27.3 Å². The molecule has 2 aromatic rings. The van der Waals surface area contributed by atoms with Gasteiger partial charge in [0.15, 0.2) is 0 Å². The van der Waals surface area contributed by atoms with Crippen molar-refractivity contribution in [1.82, 2.24) is 0 Å². The van der Waals surface area contributed by atoms with Crippen LogP contribution in [-0.4, -0.2) is 0 Å². The summed E-state index contributed by atoms with van der Waals surface area (Å²) in [6.07, 6.45) is 0. The molecule has 0 amide bonds. The predicted octanol–water partition coefficient (Wildman–Crippen LogP) is 4.16. The van der Waals surface area contributed by atoms with Crippen molar-refractivity contribution >= 4 is 11.6 Å². The van der Waals surface area contributed by atoms with E-state index in [1.165, 1.54) is 18.2 Å². The molecule has 0 aromatic heterocycles. The van der Waals surface area contributed by atoms with Gasteiger partial charge in [-0.2, -0.15) is 5.26 Å². The molecule has 2 aromatic carbocycles. The summed E-state index contributed by atoms with van der Waals surface area (Å²) in [5, 5.41) is 9.30. The number of hydrogen-bond donors (Lipinski definition) is 1. The van der Waals surface area contributed by atoms with Gasteiger partial charge in [0, 0.05) is 6.04 Å². The van der Waals surface area contributed by atoms with Gasteiger partial charge in [-0.15, -0.1) is 0 Å². The third-order valence-corrected chi connectivity index (χ3v) is 3.08. The maximum Gasteiger partial charge on any atom is 0.148 e. The van der Waals surface area contributed by atoms with Gasteiger partial charge in [-0.3, -0.25) is 0 Å². The van der Waals surface area contributed by atoms with Gasteiger partial charge in [0.1, 0.15) is 28.9 Å². The van der Waals surface area contributed by atoms with E-state index in [9.17, 15) is 4.39 Å². The minimum atomic E-state index is -0.631. The van der Waals surface area contributed by atoms with Gasteiger partial charge in [-0.25, -0.2) is 4.39 Å². The van der Waals surface area contributed by atoms with Crippen molar-refractivity contribution in [2.75, 3.05) is 0 Å². The van der Waals surface area contributed by atoms with Crippen molar-refractivity contribution in [3.63, 3.8) is 0 Å². The number of benzene rings is 2. The fourth-order valence-corrected chi connectivity index (χ4v) is 1.93. The normalized spacial score (nSPS) is 11.8. The Kier molecular flexibility index (Phi) is 4.23. The predicted molar refractivity (Wildman–Crippen MR) is 75.2 cm³/mol. The Morgan fingerprint density at radius 1 is 1.30 bits per heavy atom. The Morgan fingerprint density at radius 3 is 2.65 bits per heavy atom. The zero-order valence-corrected chi connectivity index (χ0v) is 11.5. The second-order valence-corrected chi connectivity index (χ2v) is 4.71. The van der Waals surface area contributed by atoms with Crippen molar-refractivity contribution in [2.24, 2.45) is 5.73 Å². The Hall–Kier alpha value is -2.09. The van der Waals surface area contributed by atoms with Gasteiger partial charge >= 0.3 is 0 Å². The van der Waals surface area contributed by atoms with Crippen molar-refractivity contribution in [2.45, 2.75) is 13.0 Å². The lowest BCUT2D eigenvalue weighted by molar-refractivity contribution is 0.474. The average Bonchev–Trinajstić information content (AvgIpc) is 2.41. The highest BCUT2D eigenvalue weighted by atomic mass is 35.5. The van der Waals surface area contributed by atoms with Gasteiger partial charge in [0.05, 0.1) is 5.02 Å². The van der Waals surface area contributed by atoms with Gasteiger partial charge in [0.2, 0.25) is 0 Å². The Morgan fingerprint density at radius 2 is 2.05 bits per heavy atom. The van der Waals surface area contributed by atoms with Crippen LogP contribution in [0.3, 0.4) is 0 Å². The number of nitrogens with zero attached hydrogens (tertiary/aromatic N) is 1. The molecule has 0 saturated heterocycles. The van der Waals surface area contributed by atoms with Crippen molar-refractivity contribution < 1.29 is 9.13 Å². The SMILES string of the molecule is C[C@H](N)c1ccc(Oc2cccc(F)c2C#N)c(Cl)c1. The third-order valence-electron chi connectivity index (χ3n) is 2.79. The standard InChI is InChI=1S/C15H12ClFN2O/c1-9(19)10-5-6-15(12(16)7-10)20-14-4-2-3-13(17)11(14)8-18/h2-7,9H,19H2,1H3/t9-/m0/s1. The van der Waals surface area contributed by atoms with E-state index >= 15 is 0 Å². The molecule has 2 rings (SSSR count). The molecule has 0 bridgehead atoms. The molecule has 0 fully saturated rings. The lowest BCUT2D eigenvalue weighted by Crippen LogP contribution is -2.04. The van der Waals surface area contributed by atoms with E-state index < -0.39 is 5.82 Å². The van der Waals surface area contributed by atoms with E-state index in [1.807, 2.05) is 6.92 Å². The van der Waals surface area contributed by atoms with Gasteiger partial charge in [0.25, 0.3) is 0 Å². The fraction of sp³-hybridized carbons (Fsp3) is 0.133. The number of hydrogen-bond acceptors (Lipinski definition) is 3. The molecule has 0 aliphatic carbocycles. The minimum Gasteiger partial charge on any atom is -0.454 e. The molecular weight excluding hydrogens is 279 g/mol. The van der Waals surface area contributed by atoms with Crippen LogP contribution in [0.1, 0.15) is 24.1 Å². The highest BCUT2D eigenvalue weighted by Gasteiger charge is 2.12. The van der Waals surface area contributed by atoms with Crippen LogP contribution < -0.4 is 10.5 Å². The Balaban J connectivity index is 2.36. The summed E-state index contributed by atoms with van der Waals surface area (Å²) in [5.74, 6) is -0.158. The minimum absolute atomic E-state index is 0.128. The zero-order chi connectivity index (χ0) is 14.7. The number of nitriles is 1. The largest absolute Gasteiger partial charge is 0.454 e. The van der Waals surface area contributed by atoms with E-state index in [2.05, 4.69) is 0 Å². The Bertz CT molecular complexity index is 680. The van der Waals surface area contributed by atoms with Crippen LogP contribution in [0, 0.1) is 17.1 Å². The third kappa shape index (κ3) is 2.90. The molecule has 0 heterocycles. The molecule has 2 N–H and O–H groups in total. The maximum atomic E-state index is 13.5. The molecule has 20 heavy (non-hydrogen) atoms. The smallest absolute Gasteiger partial charge is 0.148 e. The van der Waals surface area contributed by atoms with Crippen molar-refractivity contribution in [1.29, 1.82) is 5.26 Å². The lowest BCUT2D eigenvalue weighted by Gasteiger charge is -2.12. The summed E-state index contributed by atoms with van der Waals surface area (Å²) >= 11 is 6.10. The molecule has 0 aliphatic rings. The molecule has 0 spiro atoms. The van der Waals surface area contributed by atoms with Crippen LogP contribution in [0.4, 0.5) is 4.39 Å². The molecule has 0 unspecified atom stereocenters. The second-order valence-electron chi connectivity index (χ2n) is 4.31. The van der Waals surface area contributed by atoms with Gasteiger partial charge in [-0.05, 0) is 36.8 Å². The molecule has 3 nitrogen and oxygen atoms in total. The first-order chi connectivity index (χ1) is 9.52. The quantitative estimate of drug-likeness (QED) is 0.923. The Labute approximate surface area is 121 Å². The van der Waals surface area contributed by atoms with Crippen LogP contribution in [0.5, 0.6) is 11.5 Å². The molecule has 0 aliphatic heterocycles. The molecule has 1 atom stereocenters. The molecule has 0 saturated carbocycles. The summed E-state index contributed by atoms with van der Waals surface area (Å²) < 4.78 is 19.0. The van der Waals surface area contributed by atoms with Gasteiger partial charge in [-0.1, -0.05) is 23.7 Å². The summed E-state index contributed by atoms with van der Waals surface area (Å²) in [6.45, 7) is 1.84. The summed E-state index contributed by atoms with van der Waals surface area (Å²) in [6, 6.07) is 10.9. The first-order valence-corrected chi connectivity index (χ1v) is 6.32. The van der Waals surface area contributed by atoms with E-state index in [0.717, 1.165) is 5.56 Å².